The maximum absolute atomic E-state index is 5.56. The lowest BCUT2D eigenvalue weighted by atomic mass is 10.2. The molecule has 92 valence electrons. The van der Waals surface area contributed by atoms with Gasteiger partial charge in [-0.2, -0.15) is 0 Å². The van der Waals surface area contributed by atoms with Gasteiger partial charge in [-0.1, -0.05) is 13.2 Å². The molecule has 0 saturated carbocycles. The third-order valence-electron chi connectivity index (χ3n) is 2.96. The van der Waals surface area contributed by atoms with E-state index in [4.69, 9.17) is 11.5 Å². The van der Waals surface area contributed by atoms with Gasteiger partial charge in [-0.05, 0) is 12.8 Å². The van der Waals surface area contributed by atoms with Crippen molar-refractivity contribution in [2.45, 2.75) is 12.8 Å². The highest BCUT2D eigenvalue weighted by Crippen LogP contribution is 2.05. The Labute approximate surface area is 98.6 Å². The van der Waals surface area contributed by atoms with Crippen molar-refractivity contribution in [2.24, 2.45) is 11.5 Å². The molecule has 0 bridgehead atoms. The Morgan fingerprint density at radius 1 is 0.812 bits per heavy atom. The second kappa shape index (κ2) is 6.55. The predicted octanol–water partition coefficient (Wildman–Crippen LogP) is 0.329. The van der Waals surface area contributed by atoms with Crippen molar-refractivity contribution >= 4 is 0 Å². The summed E-state index contributed by atoms with van der Waals surface area (Å²) in [6.45, 7) is 14.0. The topological polar surface area (TPSA) is 58.5 Å². The second-order valence-corrected chi connectivity index (χ2v) is 4.50. The molecule has 1 fully saturated rings. The van der Waals surface area contributed by atoms with E-state index >= 15 is 0 Å². The van der Waals surface area contributed by atoms with Crippen LogP contribution in [0.4, 0.5) is 0 Å². The van der Waals surface area contributed by atoms with Crippen LogP contribution in [-0.2, 0) is 0 Å². The molecule has 0 spiro atoms. The molecule has 0 aromatic heterocycles. The Morgan fingerprint density at radius 3 is 1.38 bits per heavy atom. The van der Waals surface area contributed by atoms with Crippen LogP contribution in [0, 0.1) is 0 Å². The molecule has 0 aromatic carbocycles. The van der Waals surface area contributed by atoms with Crippen LogP contribution in [0.5, 0.6) is 0 Å². The molecule has 4 heteroatoms. The van der Waals surface area contributed by atoms with Gasteiger partial charge in [0, 0.05) is 50.7 Å². The number of rotatable bonds is 6. The predicted molar refractivity (Wildman–Crippen MR) is 68.8 cm³/mol. The van der Waals surface area contributed by atoms with Gasteiger partial charge in [0.25, 0.3) is 0 Å². The summed E-state index contributed by atoms with van der Waals surface area (Å²) in [7, 11) is 0. The molecule has 1 heterocycles. The molecule has 0 aromatic rings. The fraction of sp³-hybridized carbons (Fsp3) is 0.667. The first-order chi connectivity index (χ1) is 7.58. The number of hydrogen-bond donors (Lipinski definition) is 2. The Hall–Kier alpha value is -1.00. The van der Waals surface area contributed by atoms with E-state index in [1.54, 1.807) is 0 Å². The maximum Gasteiger partial charge on any atom is 0.0110 e. The molecule has 0 unspecified atom stereocenters. The SMILES string of the molecule is C=C(N)CCN1CCN(CCC(=C)N)CC1. The zero-order valence-corrected chi connectivity index (χ0v) is 10.1. The van der Waals surface area contributed by atoms with Crippen molar-refractivity contribution in [3.63, 3.8) is 0 Å². The summed E-state index contributed by atoms with van der Waals surface area (Å²) < 4.78 is 0. The molecule has 0 atom stereocenters. The van der Waals surface area contributed by atoms with Gasteiger partial charge in [-0.15, -0.1) is 0 Å². The van der Waals surface area contributed by atoms with Gasteiger partial charge in [-0.3, -0.25) is 0 Å². The first kappa shape index (κ1) is 13.1. The van der Waals surface area contributed by atoms with Crippen LogP contribution in [0.25, 0.3) is 0 Å². The average Bonchev–Trinajstić information content (AvgIpc) is 2.25. The van der Waals surface area contributed by atoms with Crippen molar-refractivity contribution < 1.29 is 0 Å². The monoisotopic (exact) mass is 224 g/mol. The van der Waals surface area contributed by atoms with Crippen LogP contribution < -0.4 is 11.5 Å². The molecule has 1 rings (SSSR count). The fourth-order valence-electron chi connectivity index (χ4n) is 1.84. The number of hydrogen-bond acceptors (Lipinski definition) is 4. The standard InChI is InChI=1S/C12H24N4/c1-11(13)3-5-15-7-9-16(10-8-15)6-4-12(2)14/h1-10,13-14H2. The second-order valence-electron chi connectivity index (χ2n) is 4.50. The summed E-state index contributed by atoms with van der Waals surface area (Å²) in [6, 6.07) is 0. The van der Waals surface area contributed by atoms with Crippen LogP contribution >= 0.6 is 0 Å². The number of piperazine rings is 1. The maximum atomic E-state index is 5.56. The normalized spacial score (nSPS) is 18.5. The van der Waals surface area contributed by atoms with Crippen molar-refractivity contribution in [1.82, 2.24) is 9.80 Å². The molecular formula is C12H24N4. The van der Waals surface area contributed by atoms with Gasteiger partial charge in [0.1, 0.15) is 0 Å². The Bertz CT molecular complexity index is 215. The summed E-state index contributed by atoms with van der Waals surface area (Å²) >= 11 is 0. The summed E-state index contributed by atoms with van der Waals surface area (Å²) in [6.07, 6.45) is 1.80. The van der Waals surface area contributed by atoms with Gasteiger partial charge < -0.3 is 21.3 Å². The minimum Gasteiger partial charge on any atom is -0.402 e. The van der Waals surface area contributed by atoms with Gasteiger partial charge in [0.2, 0.25) is 0 Å². The Morgan fingerprint density at radius 2 is 1.12 bits per heavy atom. The van der Waals surface area contributed by atoms with Gasteiger partial charge >= 0.3 is 0 Å². The van der Waals surface area contributed by atoms with Crippen molar-refractivity contribution in [3.05, 3.63) is 24.6 Å². The minimum absolute atomic E-state index is 0.780. The highest BCUT2D eigenvalue weighted by atomic mass is 15.3. The van der Waals surface area contributed by atoms with Crippen LogP contribution in [0.3, 0.4) is 0 Å². The lowest BCUT2D eigenvalue weighted by Gasteiger charge is -2.34. The van der Waals surface area contributed by atoms with E-state index in [-0.39, 0.29) is 0 Å². The smallest absolute Gasteiger partial charge is 0.0110 e. The van der Waals surface area contributed by atoms with Crippen LogP contribution in [0.1, 0.15) is 12.8 Å². The van der Waals surface area contributed by atoms with E-state index in [1.165, 1.54) is 0 Å². The fourth-order valence-corrected chi connectivity index (χ4v) is 1.84. The molecule has 4 nitrogen and oxygen atoms in total. The highest BCUT2D eigenvalue weighted by Gasteiger charge is 2.15. The van der Waals surface area contributed by atoms with Gasteiger partial charge in [0.05, 0.1) is 0 Å². The average molecular weight is 224 g/mol. The lowest BCUT2D eigenvalue weighted by molar-refractivity contribution is 0.134. The van der Waals surface area contributed by atoms with Crippen LogP contribution in [0.2, 0.25) is 0 Å². The molecule has 16 heavy (non-hydrogen) atoms. The molecule has 1 saturated heterocycles. The quantitative estimate of drug-likeness (QED) is 0.682. The summed E-state index contributed by atoms with van der Waals surface area (Å²) in [5.74, 6) is 0. The van der Waals surface area contributed by atoms with E-state index in [9.17, 15) is 0 Å². The molecule has 0 aliphatic carbocycles. The van der Waals surface area contributed by atoms with Crippen molar-refractivity contribution in [3.8, 4) is 0 Å². The van der Waals surface area contributed by atoms with E-state index in [0.29, 0.717) is 0 Å². The van der Waals surface area contributed by atoms with Crippen LogP contribution in [-0.4, -0.2) is 49.1 Å². The first-order valence-corrected chi connectivity index (χ1v) is 5.89. The van der Waals surface area contributed by atoms with Crippen molar-refractivity contribution in [2.75, 3.05) is 39.3 Å². The van der Waals surface area contributed by atoms with E-state index in [2.05, 4.69) is 23.0 Å². The number of nitrogens with two attached hydrogens (primary N) is 2. The van der Waals surface area contributed by atoms with Gasteiger partial charge in [-0.25, -0.2) is 0 Å². The Kier molecular flexibility index (Phi) is 5.35. The molecular weight excluding hydrogens is 200 g/mol. The van der Waals surface area contributed by atoms with E-state index in [0.717, 1.165) is 63.5 Å². The number of nitrogens with zero attached hydrogens (tertiary/aromatic N) is 2. The minimum atomic E-state index is 0.780. The third-order valence-corrected chi connectivity index (χ3v) is 2.96. The van der Waals surface area contributed by atoms with Gasteiger partial charge in [0.15, 0.2) is 0 Å². The molecule has 4 N–H and O–H groups in total. The zero-order chi connectivity index (χ0) is 12.0. The molecule has 0 amide bonds. The van der Waals surface area contributed by atoms with Crippen LogP contribution in [0.15, 0.2) is 24.6 Å². The molecule has 1 aliphatic rings. The Balaban J connectivity index is 2.13. The summed E-state index contributed by atoms with van der Waals surface area (Å²) in [5, 5.41) is 0. The lowest BCUT2D eigenvalue weighted by Crippen LogP contribution is -2.47. The van der Waals surface area contributed by atoms with E-state index < -0.39 is 0 Å². The van der Waals surface area contributed by atoms with Crippen molar-refractivity contribution in [1.29, 1.82) is 0 Å². The third kappa shape index (κ3) is 5.19. The van der Waals surface area contributed by atoms with E-state index in [1.807, 2.05) is 0 Å². The zero-order valence-electron chi connectivity index (χ0n) is 10.1. The highest BCUT2D eigenvalue weighted by molar-refractivity contribution is 4.89. The first-order valence-electron chi connectivity index (χ1n) is 5.89. The molecule has 0 radical (unpaired) electrons. The largest absolute Gasteiger partial charge is 0.402 e. The summed E-state index contributed by atoms with van der Waals surface area (Å²) in [5.41, 5.74) is 12.7. The summed E-state index contributed by atoms with van der Waals surface area (Å²) in [4.78, 5) is 4.87. The molecule has 1 aliphatic heterocycles.